The van der Waals surface area contributed by atoms with Crippen LogP contribution >= 0.6 is 11.6 Å². The van der Waals surface area contributed by atoms with Crippen LogP contribution in [0.1, 0.15) is 28.8 Å². The lowest BCUT2D eigenvalue weighted by molar-refractivity contribution is -0.300. The van der Waals surface area contributed by atoms with Crippen LogP contribution in [-0.4, -0.2) is 30.7 Å². The summed E-state index contributed by atoms with van der Waals surface area (Å²) >= 11 is 5.95. The molecule has 0 fully saturated rings. The number of hydrogen-bond acceptors (Lipinski definition) is 3. The van der Waals surface area contributed by atoms with Gasteiger partial charge in [-0.1, -0.05) is 41.9 Å². The quantitative estimate of drug-likeness (QED) is 0.201. The largest absolute Gasteiger partial charge is 0.416 e. The van der Waals surface area contributed by atoms with E-state index < -0.39 is 42.2 Å². The minimum Gasteiger partial charge on any atom is -0.316 e. The number of halogens is 9. The highest BCUT2D eigenvalue weighted by molar-refractivity contribution is 6.30. The Balaban J connectivity index is 2.07. The third kappa shape index (κ3) is 7.39. The Bertz CT molecular complexity index is 1160. The molecule has 0 unspecified atom stereocenters. The van der Waals surface area contributed by atoms with Crippen LogP contribution < -0.4 is 5.32 Å². The van der Waals surface area contributed by atoms with Gasteiger partial charge in [-0.2, -0.15) is 22.0 Å². The summed E-state index contributed by atoms with van der Waals surface area (Å²) in [5.74, 6) is -1.15. The number of nitrogens with one attached hydrogen (secondary N) is 1. The first-order chi connectivity index (χ1) is 17.3. The number of pyridine rings is 1. The number of hydrogen-bond donors (Lipinski definition) is 1. The van der Waals surface area contributed by atoms with Gasteiger partial charge in [-0.3, -0.25) is 4.98 Å². The lowest BCUT2D eigenvalue weighted by Crippen LogP contribution is -2.47. The Morgan fingerprint density at radius 1 is 0.919 bits per heavy atom. The van der Waals surface area contributed by atoms with Crippen LogP contribution in [0.2, 0.25) is 5.02 Å². The topological polar surface area (TPSA) is 34.1 Å². The van der Waals surface area contributed by atoms with E-state index in [1.165, 1.54) is 18.3 Å². The van der Waals surface area contributed by atoms with Gasteiger partial charge in [0.2, 0.25) is 0 Å². The molecular weight excluding hydrogens is 532 g/mol. The normalized spacial score (nSPS) is 14.1. The number of benzene rings is 2. The maximum absolute atomic E-state index is 14.5. The molecule has 1 aromatic heterocycles. The lowest BCUT2D eigenvalue weighted by Gasteiger charge is -2.36. The average molecular weight is 553 g/mol. The van der Waals surface area contributed by atoms with E-state index in [-0.39, 0.29) is 35.7 Å². The summed E-state index contributed by atoms with van der Waals surface area (Å²) in [6.07, 6.45) is -12.5. The van der Waals surface area contributed by atoms with Crippen molar-refractivity contribution in [3.63, 3.8) is 0 Å². The molecule has 1 N–H and O–H groups in total. The smallest absolute Gasteiger partial charge is 0.316 e. The molecule has 3 aromatic rings. The van der Waals surface area contributed by atoms with Gasteiger partial charge in [-0.05, 0) is 54.4 Å². The van der Waals surface area contributed by atoms with Gasteiger partial charge in [-0.15, -0.1) is 0 Å². The monoisotopic (exact) mass is 552 g/mol. The van der Waals surface area contributed by atoms with Crippen molar-refractivity contribution in [1.82, 2.24) is 10.3 Å². The summed E-state index contributed by atoms with van der Waals surface area (Å²) in [5.41, 5.74) is -2.18. The van der Waals surface area contributed by atoms with Crippen LogP contribution in [0, 0.1) is 5.82 Å². The van der Waals surface area contributed by atoms with E-state index in [1.54, 1.807) is 30.3 Å². The first-order valence-corrected chi connectivity index (χ1v) is 11.3. The fourth-order valence-corrected chi connectivity index (χ4v) is 3.88. The first kappa shape index (κ1) is 28.8. The SMILES string of the molecule is Fc1cc(C(F)(F)F)cc([C@](Cc2ccccc2)(NCCCOC(F)(F)C(F)F)c2ccc(Cl)cn2)c1. The summed E-state index contributed by atoms with van der Waals surface area (Å²) < 4.78 is 110. The van der Waals surface area contributed by atoms with Crippen molar-refractivity contribution >= 4 is 11.6 Å². The third-order valence-corrected chi connectivity index (χ3v) is 5.71. The second-order valence-corrected chi connectivity index (χ2v) is 8.58. The number of alkyl halides is 7. The highest BCUT2D eigenvalue weighted by Crippen LogP contribution is 2.38. The van der Waals surface area contributed by atoms with Crippen LogP contribution in [0.4, 0.5) is 35.1 Å². The molecule has 1 heterocycles. The van der Waals surface area contributed by atoms with Crippen molar-refractivity contribution in [3.05, 3.63) is 100 Å². The highest BCUT2D eigenvalue weighted by atomic mass is 35.5. The molecule has 0 spiro atoms. The Morgan fingerprint density at radius 2 is 1.59 bits per heavy atom. The number of rotatable bonds is 11. The molecule has 0 saturated heterocycles. The van der Waals surface area contributed by atoms with Crippen LogP contribution in [-0.2, 0) is 22.9 Å². The molecule has 37 heavy (non-hydrogen) atoms. The van der Waals surface area contributed by atoms with Crippen LogP contribution in [0.25, 0.3) is 0 Å². The molecule has 0 bridgehead atoms. The molecule has 200 valence electrons. The van der Waals surface area contributed by atoms with Gasteiger partial charge >= 0.3 is 18.7 Å². The summed E-state index contributed by atoms with van der Waals surface area (Å²) in [5, 5.41) is 3.23. The van der Waals surface area contributed by atoms with Gasteiger partial charge in [0.25, 0.3) is 0 Å². The number of ether oxygens (including phenoxy) is 1. The zero-order valence-electron chi connectivity index (χ0n) is 19.0. The van der Waals surface area contributed by atoms with Crippen molar-refractivity contribution in [2.45, 2.75) is 37.1 Å². The van der Waals surface area contributed by atoms with Gasteiger partial charge in [-0.25, -0.2) is 13.2 Å². The molecule has 0 amide bonds. The maximum atomic E-state index is 14.5. The molecule has 1 atom stereocenters. The zero-order chi connectivity index (χ0) is 27.3. The summed E-state index contributed by atoms with van der Waals surface area (Å²) in [7, 11) is 0. The molecule has 0 aliphatic rings. The van der Waals surface area contributed by atoms with E-state index in [1.807, 2.05) is 0 Å². The van der Waals surface area contributed by atoms with Crippen LogP contribution in [0.5, 0.6) is 0 Å². The molecule has 2 aromatic carbocycles. The molecule has 3 nitrogen and oxygen atoms in total. The minimum atomic E-state index is -4.86. The van der Waals surface area contributed by atoms with E-state index >= 15 is 0 Å². The van der Waals surface area contributed by atoms with E-state index in [4.69, 9.17) is 11.6 Å². The predicted octanol–water partition coefficient (Wildman–Crippen LogP) is 7.23. The lowest BCUT2D eigenvalue weighted by atomic mass is 9.79. The van der Waals surface area contributed by atoms with Crippen molar-refractivity contribution in [2.75, 3.05) is 13.2 Å². The fraction of sp³-hybridized carbons (Fsp3) is 0.320. The van der Waals surface area contributed by atoms with E-state index in [0.717, 1.165) is 12.1 Å². The fourth-order valence-electron chi connectivity index (χ4n) is 3.77. The number of nitrogens with zero attached hydrogens (tertiary/aromatic N) is 1. The zero-order valence-corrected chi connectivity index (χ0v) is 19.8. The number of aromatic nitrogens is 1. The molecular formula is C25H21ClF8N2O. The Labute approximate surface area is 212 Å². The van der Waals surface area contributed by atoms with Crippen molar-refractivity contribution in [2.24, 2.45) is 0 Å². The van der Waals surface area contributed by atoms with E-state index in [0.29, 0.717) is 11.6 Å². The molecule has 12 heteroatoms. The first-order valence-electron chi connectivity index (χ1n) is 10.9. The maximum Gasteiger partial charge on any atom is 0.416 e. The molecule has 0 aliphatic heterocycles. The van der Waals surface area contributed by atoms with Gasteiger partial charge in [0.05, 0.1) is 28.4 Å². The molecule has 3 rings (SSSR count). The van der Waals surface area contributed by atoms with E-state index in [9.17, 15) is 35.1 Å². The van der Waals surface area contributed by atoms with Crippen LogP contribution in [0.15, 0.2) is 66.9 Å². The predicted molar refractivity (Wildman–Crippen MR) is 121 cm³/mol. The standard InChI is InChI=1S/C25H21ClF8N2O/c26-19-7-8-21(35-15-19)23(14-16-5-2-1-3-6-16,36-9-4-10-37-25(33,34)22(28)29)17-11-18(24(30,31)32)13-20(27)12-17/h1-3,5-8,11-13,15,22,36H,4,9-10,14H2/t23-/m0/s1. The minimum absolute atomic E-state index is 0.0305. The van der Waals surface area contributed by atoms with Gasteiger partial charge in [0.1, 0.15) is 5.82 Å². The van der Waals surface area contributed by atoms with Crippen molar-refractivity contribution in [3.8, 4) is 0 Å². The van der Waals surface area contributed by atoms with Crippen molar-refractivity contribution in [1.29, 1.82) is 0 Å². The average Bonchev–Trinajstić information content (AvgIpc) is 2.83. The van der Waals surface area contributed by atoms with Crippen LogP contribution in [0.3, 0.4) is 0 Å². The summed E-state index contributed by atoms with van der Waals surface area (Å²) in [4.78, 5) is 4.26. The Morgan fingerprint density at radius 3 is 2.19 bits per heavy atom. The van der Waals surface area contributed by atoms with E-state index in [2.05, 4.69) is 15.0 Å². The summed E-state index contributed by atoms with van der Waals surface area (Å²) in [6.45, 7) is -0.967. The Kier molecular flexibility index (Phi) is 9.14. The van der Waals surface area contributed by atoms with Gasteiger partial charge in [0, 0.05) is 12.6 Å². The van der Waals surface area contributed by atoms with Gasteiger partial charge < -0.3 is 10.1 Å². The summed E-state index contributed by atoms with van der Waals surface area (Å²) in [6, 6.07) is 13.4. The third-order valence-electron chi connectivity index (χ3n) is 5.49. The van der Waals surface area contributed by atoms with Crippen molar-refractivity contribution < 1.29 is 39.9 Å². The second-order valence-electron chi connectivity index (χ2n) is 8.15. The second kappa shape index (κ2) is 11.7. The highest BCUT2D eigenvalue weighted by Gasteiger charge is 2.42. The molecule has 0 saturated carbocycles. The molecule has 0 aliphatic carbocycles. The Hall–Kier alpha value is -2.76. The van der Waals surface area contributed by atoms with Gasteiger partial charge in [0.15, 0.2) is 0 Å². The molecule has 0 radical (unpaired) electrons.